The molecule has 0 aliphatic heterocycles. The van der Waals surface area contributed by atoms with E-state index in [-0.39, 0.29) is 16.2 Å². The summed E-state index contributed by atoms with van der Waals surface area (Å²) in [6.07, 6.45) is 1.12. The van der Waals surface area contributed by atoms with E-state index in [2.05, 4.69) is 26.1 Å². The summed E-state index contributed by atoms with van der Waals surface area (Å²) in [7, 11) is -1.85. The fourth-order valence-corrected chi connectivity index (χ4v) is 3.19. The number of sulfone groups is 1. The number of rotatable bonds is 4. The second kappa shape index (κ2) is 7.11. The third-order valence-electron chi connectivity index (χ3n) is 4.20. The zero-order valence-corrected chi connectivity index (χ0v) is 16.8. The molecule has 1 amide bonds. The number of hydrogen-bond donors (Lipinski definition) is 1. The highest BCUT2D eigenvalue weighted by Crippen LogP contribution is 2.32. The molecule has 6 heteroatoms. The fraction of sp³-hybridized carbons (Fsp3) is 0.350. The monoisotopic (exact) mass is 375 g/mol. The van der Waals surface area contributed by atoms with Crippen LogP contribution in [0, 0.1) is 6.92 Å². The molecule has 0 aliphatic rings. The molecule has 140 valence electrons. The van der Waals surface area contributed by atoms with Gasteiger partial charge >= 0.3 is 0 Å². The topological polar surface area (TPSA) is 72.5 Å². The van der Waals surface area contributed by atoms with Crippen molar-refractivity contribution in [3.05, 3.63) is 53.1 Å². The molecule has 2 aromatic carbocycles. The van der Waals surface area contributed by atoms with Crippen molar-refractivity contribution in [3.63, 3.8) is 0 Å². The molecule has 1 N–H and O–H groups in total. The van der Waals surface area contributed by atoms with Crippen LogP contribution in [0.5, 0.6) is 5.75 Å². The zero-order chi connectivity index (χ0) is 19.7. The van der Waals surface area contributed by atoms with Crippen molar-refractivity contribution in [2.75, 3.05) is 18.7 Å². The molecular formula is C20H25NO4S. The molecule has 0 heterocycles. The van der Waals surface area contributed by atoms with Crippen molar-refractivity contribution < 1.29 is 17.9 Å². The molecule has 0 radical (unpaired) electrons. The molecule has 0 saturated carbocycles. The summed E-state index contributed by atoms with van der Waals surface area (Å²) < 4.78 is 28.9. The lowest BCUT2D eigenvalue weighted by atomic mass is 9.87. The van der Waals surface area contributed by atoms with Gasteiger partial charge in [-0.15, -0.1) is 0 Å². The lowest BCUT2D eigenvalue weighted by Crippen LogP contribution is -2.17. The van der Waals surface area contributed by atoms with Crippen LogP contribution in [0.1, 0.15) is 42.3 Å². The Hall–Kier alpha value is -2.34. The molecule has 0 bridgehead atoms. The minimum atomic E-state index is -3.39. The van der Waals surface area contributed by atoms with E-state index >= 15 is 0 Å². The molecule has 0 spiro atoms. The molecule has 0 unspecified atom stereocenters. The number of carbonyl (C=O) groups excluding carboxylic acids is 1. The van der Waals surface area contributed by atoms with E-state index in [0.29, 0.717) is 22.6 Å². The van der Waals surface area contributed by atoms with Gasteiger partial charge in [-0.3, -0.25) is 4.79 Å². The maximum atomic E-state index is 12.8. The Morgan fingerprint density at radius 3 is 2.27 bits per heavy atom. The summed E-state index contributed by atoms with van der Waals surface area (Å²) >= 11 is 0. The summed E-state index contributed by atoms with van der Waals surface area (Å²) in [5, 5.41) is 2.85. The van der Waals surface area contributed by atoms with Gasteiger partial charge in [0, 0.05) is 11.8 Å². The van der Waals surface area contributed by atoms with Crippen LogP contribution in [0.25, 0.3) is 0 Å². The first kappa shape index (κ1) is 20.0. The Kier molecular flexibility index (Phi) is 5.47. The van der Waals surface area contributed by atoms with E-state index in [9.17, 15) is 13.2 Å². The van der Waals surface area contributed by atoms with Gasteiger partial charge in [-0.1, -0.05) is 32.9 Å². The van der Waals surface area contributed by atoms with E-state index in [1.807, 2.05) is 18.2 Å². The molecular weight excluding hydrogens is 350 g/mol. The molecule has 0 atom stereocenters. The van der Waals surface area contributed by atoms with E-state index in [0.717, 1.165) is 11.8 Å². The Balaban J connectivity index is 2.45. The first-order valence-electron chi connectivity index (χ1n) is 8.24. The largest absolute Gasteiger partial charge is 0.495 e. The van der Waals surface area contributed by atoms with E-state index in [4.69, 9.17) is 4.74 Å². The first-order chi connectivity index (χ1) is 11.9. The van der Waals surface area contributed by atoms with E-state index < -0.39 is 9.84 Å². The Labute approximate surface area is 155 Å². The predicted molar refractivity (Wildman–Crippen MR) is 104 cm³/mol. The molecule has 0 saturated heterocycles. The minimum absolute atomic E-state index is 0.0854. The number of carbonyl (C=O) groups is 1. The van der Waals surface area contributed by atoms with Gasteiger partial charge in [-0.05, 0) is 47.7 Å². The van der Waals surface area contributed by atoms with Gasteiger partial charge < -0.3 is 10.1 Å². The van der Waals surface area contributed by atoms with Gasteiger partial charge in [0.2, 0.25) is 0 Å². The molecule has 26 heavy (non-hydrogen) atoms. The Morgan fingerprint density at radius 2 is 1.73 bits per heavy atom. The van der Waals surface area contributed by atoms with Gasteiger partial charge in [0.15, 0.2) is 9.84 Å². The van der Waals surface area contributed by atoms with Crippen molar-refractivity contribution in [2.45, 2.75) is 38.0 Å². The highest BCUT2D eigenvalue weighted by atomic mass is 32.2. The summed E-state index contributed by atoms with van der Waals surface area (Å²) in [4.78, 5) is 12.9. The lowest BCUT2D eigenvalue weighted by molar-refractivity contribution is 0.102. The average molecular weight is 375 g/mol. The van der Waals surface area contributed by atoms with Crippen LogP contribution in [0.4, 0.5) is 5.69 Å². The number of nitrogens with one attached hydrogen (secondary N) is 1. The second-order valence-corrected chi connectivity index (χ2v) is 9.38. The summed E-state index contributed by atoms with van der Waals surface area (Å²) in [5.41, 5.74) is 2.53. The summed E-state index contributed by atoms with van der Waals surface area (Å²) in [5.74, 6) is 0.167. The number of ether oxygens (including phenoxy) is 1. The number of benzene rings is 2. The Morgan fingerprint density at radius 1 is 1.08 bits per heavy atom. The van der Waals surface area contributed by atoms with Crippen molar-refractivity contribution >= 4 is 21.4 Å². The molecule has 2 aromatic rings. The molecule has 0 fully saturated rings. The standard InChI is InChI=1S/C20H25NO4S/c1-13-7-9-15(26(6,23)24)12-16(13)19(22)21-17-11-14(20(2,3)4)8-10-18(17)25-5/h7-12H,1-6H3,(H,21,22). The summed E-state index contributed by atoms with van der Waals surface area (Å²) in [6.45, 7) is 8.02. The maximum Gasteiger partial charge on any atom is 0.256 e. The van der Waals surface area contributed by atoms with Crippen molar-refractivity contribution in [1.29, 1.82) is 0 Å². The second-order valence-electron chi connectivity index (χ2n) is 7.37. The highest BCUT2D eigenvalue weighted by Gasteiger charge is 2.19. The van der Waals surface area contributed by atoms with Crippen LogP contribution < -0.4 is 10.1 Å². The van der Waals surface area contributed by atoms with E-state index in [1.165, 1.54) is 19.2 Å². The highest BCUT2D eigenvalue weighted by molar-refractivity contribution is 7.90. The number of anilines is 1. The Bertz CT molecular complexity index is 941. The van der Waals surface area contributed by atoms with Gasteiger partial charge in [0.05, 0.1) is 17.7 Å². The normalized spacial score (nSPS) is 11.9. The van der Waals surface area contributed by atoms with Crippen LogP contribution in [0.3, 0.4) is 0 Å². The van der Waals surface area contributed by atoms with Crippen LogP contribution >= 0.6 is 0 Å². The van der Waals surface area contributed by atoms with Crippen molar-refractivity contribution in [1.82, 2.24) is 0 Å². The first-order valence-corrected chi connectivity index (χ1v) is 10.1. The number of hydrogen-bond acceptors (Lipinski definition) is 4. The van der Waals surface area contributed by atoms with Gasteiger partial charge in [0.1, 0.15) is 5.75 Å². The molecule has 0 aliphatic carbocycles. The molecule has 0 aromatic heterocycles. The van der Waals surface area contributed by atoms with Crippen LogP contribution in [-0.2, 0) is 15.3 Å². The molecule has 5 nitrogen and oxygen atoms in total. The van der Waals surface area contributed by atoms with Gasteiger partial charge in [0.25, 0.3) is 5.91 Å². The zero-order valence-electron chi connectivity index (χ0n) is 16.0. The minimum Gasteiger partial charge on any atom is -0.495 e. The van der Waals surface area contributed by atoms with Gasteiger partial charge in [-0.2, -0.15) is 0 Å². The van der Waals surface area contributed by atoms with Crippen molar-refractivity contribution in [3.8, 4) is 5.75 Å². The van der Waals surface area contributed by atoms with E-state index in [1.54, 1.807) is 13.0 Å². The fourth-order valence-electron chi connectivity index (χ4n) is 2.54. The predicted octanol–water partition coefficient (Wildman–Crippen LogP) is 3.96. The quantitative estimate of drug-likeness (QED) is 0.878. The smallest absolute Gasteiger partial charge is 0.256 e. The maximum absolute atomic E-state index is 12.8. The number of methoxy groups -OCH3 is 1. The SMILES string of the molecule is COc1ccc(C(C)(C)C)cc1NC(=O)c1cc(S(C)(=O)=O)ccc1C. The van der Waals surface area contributed by atoms with Crippen LogP contribution in [0.15, 0.2) is 41.3 Å². The third-order valence-corrected chi connectivity index (χ3v) is 5.31. The van der Waals surface area contributed by atoms with Crippen molar-refractivity contribution in [2.24, 2.45) is 0 Å². The van der Waals surface area contributed by atoms with Gasteiger partial charge in [-0.25, -0.2) is 8.42 Å². The average Bonchev–Trinajstić information content (AvgIpc) is 2.53. The van der Waals surface area contributed by atoms with Crippen LogP contribution in [-0.4, -0.2) is 27.7 Å². The number of amides is 1. The van der Waals surface area contributed by atoms with Crippen LogP contribution in [0.2, 0.25) is 0 Å². The third kappa shape index (κ3) is 4.43. The lowest BCUT2D eigenvalue weighted by Gasteiger charge is -2.21. The summed E-state index contributed by atoms with van der Waals surface area (Å²) in [6, 6.07) is 10.2. The number of aryl methyl sites for hydroxylation is 1. The molecule has 2 rings (SSSR count).